The molecule has 0 bridgehead atoms. The lowest BCUT2D eigenvalue weighted by Gasteiger charge is -2.26. The molecule has 0 amide bonds. The smallest absolute Gasteiger partial charge is 0.246 e. The van der Waals surface area contributed by atoms with Gasteiger partial charge in [-0.1, -0.05) is 6.42 Å². The average molecular weight is 365 g/mol. The molecule has 1 saturated heterocycles. The highest BCUT2D eigenvalue weighted by Crippen LogP contribution is 2.25. The molecule has 1 fully saturated rings. The molecule has 2 aromatic rings. The van der Waals surface area contributed by atoms with Gasteiger partial charge in [-0.25, -0.2) is 13.4 Å². The van der Waals surface area contributed by atoms with Crippen LogP contribution in [0.5, 0.6) is 0 Å². The van der Waals surface area contributed by atoms with Crippen LogP contribution in [0, 0.1) is 0 Å². The number of hydrogen-bond donors (Lipinski definition) is 2. The highest BCUT2D eigenvalue weighted by molar-refractivity contribution is 7.89. The van der Waals surface area contributed by atoms with Crippen molar-refractivity contribution in [2.24, 2.45) is 7.05 Å². The summed E-state index contributed by atoms with van der Waals surface area (Å²) in [6, 6.07) is 3.16. The Morgan fingerprint density at radius 2 is 2.08 bits per heavy atom. The summed E-state index contributed by atoms with van der Waals surface area (Å²) in [5, 5.41) is 17.2. The SMILES string of the molecule is Cn1cc(C(O)CNc2ncccc2S(=O)(=O)N2CCCCC2)cn1. The zero-order chi connectivity index (χ0) is 17.9. The van der Waals surface area contributed by atoms with Gasteiger partial charge in [-0.05, 0) is 25.0 Å². The minimum Gasteiger partial charge on any atom is -0.386 e. The number of rotatable bonds is 6. The molecule has 8 nitrogen and oxygen atoms in total. The van der Waals surface area contributed by atoms with Crippen LogP contribution in [0.25, 0.3) is 0 Å². The standard InChI is InChI=1S/C16H23N5O3S/c1-20-12-13(10-19-20)14(22)11-18-16-15(6-5-7-17-16)25(23,24)21-8-3-2-4-9-21/h5-7,10,12,14,22H,2-4,8-9,11H2,1H3,(H,17,18). The predicted molar refractivity (Wildman–Crippen MR) is 93.5 cm³/mol. The molecular formula is C16H23N5O3S. The van der Waals surface area contributed by atoms with Crippen LogP contribution in [0.1, 0.15) is 30.9 Å². The summed E-state index contributed by atoms with van der Waals surface area (Å²) < 4.78 is 28.9. The van der Waals surface area contributed by atoms with Crippen molar-refractivity contribution in [3.05, 3.63) is 36.3 Å². The summed E-state index contributed by atoms with van der Waals surface area (Å²) >= 11 is 0. The third-order valence-corrected chi connectivity index (χ3v) is 6.21. The lowest BCUT2D eigenvalue weighted by Crippen LogP contribution is -2.36. The Bertz CT molecular complexity index is 815. The normalized spacial score (nSPS) is 17.4. The maximum atomic E-state index is 12.9. The molecule has 0 aromatic carbocycles. The van der Waals surface area contributed by atoms with E-state index in [4.69, 9.17) is 0 Å². The second-order valence-corrected chi connectivity index (χ2v) is 8.07. The number of nitrogens with zero attached hydrogens (tertiary/aromatic N) is 4. The molecule has 1 unspecified atom stereocenters. The molecule has 0 radical (unpaired) electrons. The van der Waals surface area contributed by atoms with Gasteiger partial charge in [0.25, 0.3) is 0 Å². The molecule has 2 aromatic heterocycles. The minimum atomic E-state index is -3.59. The monoisotopic (exact) mass is 365 g/mol. The van der Waals surface area contributed by atoms with E-state index < -0.39 is 16.1 Å². The molecule has 1 aliphatic heterocycles. The number of anilines is 1. The molecule has 9 heteroatoms. The Morgan fingerprint density at radius 1 is 1.32 bits per heavy atom. The molecule has 3 heterocycles. The van der Waals surface area contributed by atoms with Gasteiger partial charge in [0, 0.05) is 44.6 Å². The van der Waals surface area contributed by atoms with Crippen molar-refractivity contribution in [1.29, 1.82) is 0 Å². The summed E-state index contributed by atoms with van der Waals surface area (Å²) in [4.78, 5) is 4.31. The minimum absolute atomic E-state index is 0.144. The molecule has 1 aliphatic rings. The van der Waals surface area contributed by atoms with E-state index >= 15 is 0 Å². The maximum Gasteiger partial charge on any atom is 0.246 e. The van der Waals surface area contributed by atoms with Crippen molar-refractivity contribution in [3.63, 3.8) is 0 Å². The Hall–Kier alpha value is -1.97. The number of sulfonamides is 1. The average Bonchev–Trinajstić information content (AvgIpc) is 3.07. The second-order valence-electron chi connectivity index (χ2n) is 6.16. The molecule has 1 atom stereocenters. The first-order valence-corrected chi connectivity index (χ1v) is 9.78. The zero-order valence-electron chi connectivity index (χ0n) is 14.2. The van der Waals surface area contributed by atoms with Crippen molar-refractivity contribution >= 4 is 15.8 Å². The lowest BCUT2D eigenvalue weighted by molar-refractivity contribution is 0.191. The van der Waals surface area contributed by atoms with Crippen LogP contribution in [0.3, 0.4) is 0 Å². The predicted octanol–water partition coefficient (Wildman–Crippen LogP) is 1.14. The van der Waals surface area contributed by atoms with Crippen LogP contribution < -0.4 is 5.32 Å². The number of pyridine rings is 1. The van der Waals surface area contributed by atoms with Crippen molar-refractivity contribution in [3.8, 4) is 0 Å². The van der Waals surface area contributed by atoms with E-state index in [1.165, 1.54) is 10.5 Å². The maximum absolute atomic E-state index is 12.9. The zero-order valence-corrected chi connectivity index (χ0v) is 15.0. The van der Waals surface area contributed by atoms with Gasteiger partial charge in [0.15, 0.2) is 0 Å². The van der Waals surface area contributed by atoms with E-state index in [0.29, 0.717) is 18.7 Å². The van der Waals surface area contributed by atoms with Crippen molar-refractivity contribution in [2.75, 3.05) is 25.0 Å². The number of aliphatic hydroxyl groups is 1. The van der Waals surface area contributed by atoms with Crippen LogP contribution >= 0.6 is 0 Å². The first-order chi connectivity index (χ1) is 12.0. The molecule has 0 aliphatic carbocycles. The van der Waals surface area contributed by atoms with Crippen LogP contribution in [-0.4, -0.2) is 52.2 Å². The van der Waals surface area contributed by atoms with Gasteiger partial charge >= 0.3 is 0 Å². The molecular weight excluding hydrogens is 342 g/mol. The Balaban J connectivity index is 1.76. The van der Waals surface area contributed by atoms with Gasteiger partial charge in [-0.2, -0.15) is 9.40 Å². The third-order valence-electron chi connectivity index (χ3n) is 4.28. The van der Waals surface area contributed by atoms with Gasteiger partial charge in [0.2, 0.25) is 10.0 Å². The van der Waals surface area contributed by atoms with Crippen LogP contribution in [-0.2, 0) is 17.1 Å². The lowest BCUT2D eigenvalue weighted by atomic mass is 10.2. The van der Waals surface area contributed by atoms with Crippen LogP contribution in [0.15, 0.2) is 35.6 Å². The van der Waals surface area contributed by atoms with E-state index in [0.717, 1.165) is 19.3 Å². The number of aromatic nitrogens is 3. The number of hydrogen-bond acceptors (Lipinski definition) is 6. The molecule has 3 rings (SSSR count). The first kappa shape index (κ1) is 17.8. The second kappa shape index (κ2) is 7.51. The highest BCUT2D eigenvalue weighted by atomic mass is 32.2. The fraction of sp³-hybridized carbons (Fsp3) is 0.500. The van der Waals surface area contributed by atoms with Gasteiger partial charge < -0.3 is 10.4 Å². The Kier molecular flexibility index (Phi) is 5.36. The fourth-order valence-electron chi connectivity index (χ4n) is 2.90. The quantitative estimate of drug-likeness (QED) is 0.796. The molecule has 0 spiro atoms. The van der Waals surface area contributed by atoms with E-state index in [2.05, 4.69) is 15.4 Å². The molecule has 2 N–H and O–H groups in total. The summed E-state index contributed by atoms with van der Waals surface area (Å²) in [5.74, 6) is 0.260. The summed E-state index contributed by atoms with van der Waals surface area (Å²) in [5.41, 5.74) is 0.659. The summed E-state index contributed by atoms with van der Waals surface area (Å²) in [6.07, 6.45) is 6.84. The molecule has 136 valence electrons. The number of aliphatic hydroxyl groups excluding tert-OH is 1. The van der Waals surface area contributed by atoms with Crippen molar-refractivity contribution in [1.82, 2.24) is 19.1 Å². The number of aryl methyl sites for hydroxylation is 1. The van der Waals surface area contributed by atoms with Gasteiger partial charge in [0.05, 0.1) is 12.3 Å². The molecule has 25 heavy (non-hydrogen) atoms. The van der Waals surface area contributed by atoms with Gasteiger partial charge in [-0.3, -0.25) is 4.68 Å². The Labute approximate surface area is 147 Å². The van der Waals surface area contributed by atoms with Gasteiger partial charge in [-0.15, -0.1) is 0 Å². The summed E-state index contributed by atoms with van der Waals surface area (Å²) in [7, 11) is -1.82. The van der Waals surface area contributed by atoms with Crippen molar-refractivity contribution < 1.29 is 13.5 Å². The van der Waals surface area contributed by atoms with Crippen LogP contribution in [0.4, 0.5) is 5.82 Å². The largest absolute Gasteiger partial charge is 0.386 e. The topological polar surface area (TPSA) is 100 Å². The first-order valence-electron chi connectivity index (χ1n) is 8.34. The number of nitrogens with one attached hydrogen (secondary N) is 1. The fourth-order valence-corrected chi connectivity index (χ4v) is 4.54. The number of piperidine rings is 1. The van der Waals surface area contributed by atoms with Gasteiger partial charge in [0.1, 0.15) is 10.7 Å². The Morgan fingerprint density at radius 3 is 2.76 bits per heavy atom. The summed E-state index contributed by atoms with van der Waals surface area (Å²) in [6.45, 7) is 1.22. The molecule has 0 saturated carbocycles. The highest BCUT2D eigenvalue weighted by Gasteiger charge is 2.28. The van der Waals surface area contributed by atoms with Crippen molar-refractivity contribution in [2.45, 2.75) is 30.3 Å². The van der Waals surface area contributed by atoms with E-state index in [1.54, 1.807) is 36.3 Å². The van der Waals surface area contributed by atoms with Crippen LogP contribution in [0.2, 0.25) is 0 Å². The van der Waals surface area contributed by atoms with E-state index in [1.807, 2.05) is 0 Å². The van der Waals surface area contributed by atoms with E-state index in [-0.39, 0.29) is 17.3 Å². The van der Waals surface area contributed by atoms with E-state index in [9.17, 15) is 13.5 Å². The third kappa shape index (κ3) is 4.00.